The molecule has 0 saturated heterocycles. The molecule has 1 unspecified atom stereocenters. The first-order chi connectivity index (χ1) is 9.10. The third-order valence-corrected chi connectivity index (χ3v) is 3.00. The minimum Gasteiger partial charge on any atom is -0.348 e. The SMILES string of the molecule is C#CCC(CC)NC(=O)c1cc(Cl)nc(CCC)c1. The first kappa shape index (κ1) is 15.5. The topological polar surface area (TPSA) is 42.0 Å². The highest BCUT2D eigenvalue weighted by Gasteiger charge is 2.13. The lowest BCUT2D eigenvalue weighted by Crippen LogP contribution is -2.34. The highest BCUT2D eigenvalue weighted by Crippen LogP contribution is 2.13. The van der Waals surface area contributed by atoms with Gasteiger partial charge in [0.15, 0.2) is 0 Å². The maximum absolute atomic E-state index is 12.1. The quantitative estimate of drug-likeness (QED) is 0.641. The van der Waals surface area contributed by atoms with Crippen LogP contribution in [0.1, 0.15) is 49.2 Å². The molecule has 1 rings (SSSR count). The van der Waals surface area contributed by atoms with E-state index in [-0.39, 0.29) is 11.9 Å². The molecule has 0 spiro atoms. The second kappa shape index (κ2) is 7.81. The number of nitrogens with one attached hydrogen (secondary N) is 1. The number of pyridine rings is 1. The number of amides is 1. The third-order valence-electron chi connectivity index (χ3n) is 2.81. The Labute approximate surface area is 119 Å². The van der Waals surface area contributed by atoms with Gasteiger partial charge in [-0.15, -0.1) is 12.3 Å². The van der Waals surface area contributed by atoms with Crippen LogP contribution in [0.2, 0.25) is 5.15 Å². The molecule has 4 heteroatoms. The highest BCUT2D eigenvalue weighted by molar-refractivity contribution is 6.29. The molecule has 0 aliphatic carbocycles. The monoisotopic (exact) mass is 278 g/mol. The molecule has 0 radical (unpaired) electrons. The minimum atomic E-state index is -0.149. The number of nitrogens with zero attached hydrogens (tertiary/aromatic N) is 1. The summed E-state index contributed by atoms with van der Waals surface area (Å²) in [5.41, 5.74) is 1.38. The van der Waals surface area contributed by atoms with Gasteiger partial charge in [-0.3, -0.25) is 4.79 Å². The third kappa shape index (κ3) is 4.92. The molecular formula is C15H19ClN2O. The average molecular weight is 279 g/mol. The Bertz CT molecular complexity index is 480. The van der Waals surface area contributed by atoms with Gasteiger partial charge in [-0.2, -0.15) is 0 Å². The van der Waals surface area contributed by atoms with Crippen molar-refractivity contribution in [1.29, 1.82) is 0 Å². The molecule has 0 aliphatic heterocycles. The van der Waals surface area contributed by atoms with E-state index in [2.05, 4.69) is 23.1 Å². The van der Waals surface area contributed by atoms with E-state index in [4.69, 9.17) is 18.0 Å². The van der Waals surface area contributed by atoms with Crippen molar-refractivity contribution in [2.75, 3.05) is 0 Å². The number of halogens is 1. The standard InChI is InChI=1S/C15H19ClN2O/c1-4-7-12(6-3)18-15(19)11-9-13(8-5-2)17-14(16)10-11/h1,9-10,12H,5-8H2,2-3H3,(H,18,19). The predicted molar refractivity (Wildman–Crippen MR) is 78.2 cm³/mol. The summed E-state index contributed by atoms with van der Waals surface area (Å²) in [5.74, 6) is 2.42. The smallest absolute Gasteiger partial charge is 0.251 e. The van der Waals surface area contributed by atoms with Gasteiger partial charge in [0.2, 0.25) is 0 Å². The normalized spacial score (nSPS) is 11.7. The Kier molecular flexibility index (Phi) is 6.38. The van der Waals surface area contributed by atoms with E-state index in [0.717, 1.165) is 25.0 Å². The maximum atomic E-state index is 12.1. The van der Waals surface area contributed by atoms with E-state index >= 15 is 0 Å². The van der Waals surface area contributed by atoms with Crippen LogP contribution < -0.4 is 5.32 Å². The largest absolute Gasteiger partial charge is 0.348 e. The van der Waals surface area contributed by atoms with Gasteiger partial charge in [-0.25, -0.2) is 4.98 Å². The number of aromatic nitrogens is 1. The van der Waals surface area contributed by atoms with Crippen LogP contribution in [0.25, 0.3) is 0 Å². The van der Waals surface area contributed by atoms with Gasteiger partial charge in [0.1, 0.15) is 5.15 Å². The molecule has 0 aliphatic rings. The lowest BCUT2D eigenvalue weighted by molar-refractivity contribution is 0.0936. The van der Waals surface area contributed by atoms with E-state index in [1.54, 1.807) is 12.1 Å². The van der Waals surface area contributed by atoms with Crippen molar-refractivity contribution in [3.63, 3.8) is 0 Å². The van der Waals surface area contributed by atoms with Gasteiger partial charge in [0, 0.05) is 23.7 Å². The van der Waals surface area contributed by atoms with Crippen LogP contribution in [-0.2, 0) is 6.42 Å². The van der Waals surface area contributed by atoms with Crippen LogP contribution in [0, 0.1) is 12.3 Å². The van der Waals surface area contributed by atoms with E-state index in [1.807, 2.05) is 6.92 Å². The molecule has 3 nitrogen and oxygen atoms in total. The van der Waals surface area contributed by atoms with Gasteiger partial charge in [0.25, 0.3) is 5.91 Å². The minimum absolute atomic E-state index is 0.000865. The Hall–Kier alpha value is -1.53. The van der Waals surface area contributed by atoms with Crippen molar-refractivity contribution >= 4 is 17.5 Å². The lowest BCUT2D eigenvalue weighted by Gasteiger charge is -2.14. The number of rotatable bonds is 6. The van der Waals surface area contributed by atoms with Crippen LogP contribution in [0.15, 0.2) is 12.1 Å². The molecule has 1 heterocycles. The molecule has 0 fully saturated rings. The highest BCUT2D eigenvalue weighted by atomic mass is 35.5. The molecule has 102 valence electrons. The van der Waals surface area contributed by atoms with Crippen molar-refractivity contribution in [2.24, 2.45) is 0 Å². The van der Waals surface area contributed by atoms with Crippen molar-refractivity contribution in [1.82, 2.24) is 10.3 Å². The first-order valence-corrected chi connectivity index (χ1v) is 6.89. The van der Waals surface area contributed by atoms with Crippen molar-refractivity contribution < 1.29 is 4.79 Å². The number of carbonyl (C=O) groups excluding carboxylic acids is 1. The van der Waals surface area contributed by atoms with Crippen LogP contribution in [0.3, 0.4) is 0 Å². The number of carbonyl (C=O) groups is 1. The first-order valence-electron chi connectivity index (χ1n) is 6.51. The molecular weight excluding hydrogens is 260 g/mol. The van der Waals surface area contributed by atoms with Crippen molar-refractivity contribution in [2.45, 2.75) is 45.6 Å². The molecule has 1 atom stereocenters. The summed E-state index contributed by atoms with van der Waals surface area (Å²) in [6.07, 6.45) is 8.38. The Morgan fingerprint density at radius 1 is 1.53 bits per heavy atom. The maximum Gasteiger partial charge on any atom is 0.251 e. The zero-order valence-electron chi connectivity index (χ0n) is 11.4. The van der Waals surface area contributed by atoms with Crippen LogP contribution in [0.5, 0.6) is 0 Å². The fourth-order valence-electron chi connectivity index (χ4n) is 1.77. The van der Waals surface area contributed by atoms with E-state index in [9.17, 15) is 4.79 Å². The van der Waals surface area contributed by atoms with Gasteiger partial charge >= 0.3 is 0 Å². The second-order valence-corrected chi connectivity index (χ2v) is 4.79. The molecule has 19 heavy (non-hydrogen) atoms. The summed E-state index contributed by atoms with van der Waals surface area (Å²) in [6, 6.07) is 3.37. The summed E-state index contributed by atoms with van der Waals surface area (Å²) in [7, 11) is 0. The van der Waals surface area contributed by atoms with Gasteiger partial charge in [-0.05, 0) is 25.0 Å². The number of hydrogen-bond donors (Lipinski definition) is 1. The lowest BCUT2D eigenvalue weighted by atomic mass is 10.1. The van der Waals surface area contributed by atoms with Crippen LogP contribution >= 0.6 is 11.6 Å². The molecule has 1 amide bonds. The molecule has 0 bridgehead atoms. The van der Waals surface area contributed by atoms with E-state index in [1.165, 1.54) is 0 Å². The summed E-state index contributed by atoms with van der Waals surface area (Å²) in [5, 5.41) is 3.26. The summed E-state index contributed by atoms with van der Waals surface area (Å²) >= 11 is 5.94. The van der Waals surface area contributed by atoms with E-state index < -0.39 is 0 Å². The van der Waals surface area contributed by atoms with Crippen LogP contribution in [0.4, 0.5) is 0 Å². The number of terminal acetylenes is 1. The van der Waals surface area contributed by atoms with Gasteiger partial charge in [0.05, 0.1) is 0 Å². The second-order valence-electron chi connectivity index (χ2n) is 4.41. The Morgan fingerprint density at radius 3 is 2.84 bits per heavy atom. The van der Waals surface area contributed by atoms with Gasteiger partial charge < -0.3 is 5.32 Å². The summed E-state index contributed by atoms with van der Waals surface area (Å²) < 4.78 is 0. The Morgan fingerprint density at radius 2 is 2.26 bits per heavy atom. The molecule has 0 saturated carbocycles. The van der Waals surface area contributed by atoms with E-state index in [0.29, 0.717) is 17.1 Å². The predicted octanol–water partition coefficient (Wildman–Crippen LogP) is 3.22. The molecule has 1 aromatic rings. The van der Waals surface area contributed by atoms with Crippen LogP contribution in [-0.4, -0.2) is 16.9 Å². The Balaban J connectivity index is 2.84. The van der Waals surface area contributed by atoms with Gasteiger partial charge in [-0.1, -0.05) is 31.9 Å². The zero-order valence-corrected chi connectivity index (χ0v) is 12.1. The fourth-order valence-corrected chi connectivity index (χ4v) is 2.00. The fraction of sp³-hybridized carbons (Fsp3) is 0.467. The summed E-state index contributed by atoms with van der Waals surface area (Å²) in [6.45, 7) is 4.05. The summed E-state index contributed by atoms with van der Waals surface area (Å²) in [4.78, 5) is 16.3. The van der Waals surface area contributed by atoms with Crippen molar-refractivity contribution in [3.8, 4) is 12.3 Å². The van der Waals surface area contributed by atoms with Crippen molar-refractivity contribution in [3.05, 3.63) is 28.5 Å². The molecule has 1 aromatic heterocycles. The number of aryl methyl sites for hydroxylation is 1. The molecule has 0 aromatic carbocycles. The average Bonchev–Trinajstić information content (AvgIpc) is 2.37. The number of hydrogen-bond acceptors (Lipinski definition) is 2. The molecule has 1 N–H and O–H groups in total. The zero-order chi connectivity index (χ0) is 14.3.